The highest BCUT2D eigenvalue weighted by atomic mass is 15.1. The minimum atomic E-state index is 0.621. The van der Waals surface area contributed by atoms with E-state index in [-0.39, 0.29) is 0 Å². The average Bonchev–Trinajstić information content (AvgIpc) is 2.30. The summed E-state index contributed by atoms with van der Waals surface area (Å²) in [5.41, 5.74) is 0.669. The van der Waals surface area contributed by atoms with Crippen molar-refractivity contribution in [3.05, 3.63) is 0 Å². The van der Waals surface area contributed by atoms with E-state index in [0.29, 0.717) is 11.5 Å². The average molecular weight is 226 g/mol. The molecule has 0 bridgehead atoms. The molecular formula is C14H30N2. The second-order valence-electron chi connectivity index (χ2n) is 5.66. The van der Waals surface area contributed by atoms with Gasteiger partial charge in [0.05, 0.1) is 0 Å². The van der Waals surface area contributed by atoms with E-state index in [1.165, 1.54) is 45.3 Å². The Kier molecular flexibility index (Phi) is 5.77. The van der Waals surface area contributed by atoms with E-state index in [4.69, 9.17) is 0 Å². The van der Waals surface area contributed by atoms with E-state index in [0.717, 1.165) is 6.54 Å². The van der Waals surface area contributed by atoms with Gasteiger partial charge in [-0.25, -0.2) is 0 Å². The van der Waals surface area contributed by atoms with Gasteiger partial charge in [0.25, 0.3) is 0 Å². The molecule has 0 aromatic heterocycles. The molecule has 1 N–H and O–H groups in total. The molecule has 2 heteroatoms. The van der Waals surface area contributed by atoms with Crippen LogP contribution in [0.3, 0.4) is 0 Å². The molecule has 1 heterocycles. The maximum absolute atomic E-state index is 3.50. The van der Waals surface area contributed by atoms with Crippen LogP contribution in [0.4, 0.5) is 0 Å². The van der Waals surface area contributed by atoms with Crippen LogP contribution < -0.4 is 5.32 Å². The van der Waals surface area contributed by atoms with E-state index >= 15 is 0 Å². The molecule has 1 aliphatic heterocycles. The summed E-state index contributed by atoms with van der Waals surface area (Å²) in [7, 11) is 0. The van der Waals surface area contributed by atoms with Gasteiger partial charge in [0.2, 0.25) is 0 Å². The van der Waals surface area contributed by atoms with E-state index < -0.39 is 0 Å². The lowest BCUT2D eigenvalue weighted by molar-refractivity contribution is 0.0957. The molecule has 1 fully saturated rings. The van der Waals surface area contributed by atoms with Gasteiger partial charge in [-0.05, 0) is 31.3 Å². The lowest BCUT2D eigenvalue weighted by Crippen LogP contribution is -2.43. The zero-order chi connectivity index (χ0) is 12.0. The van der Waals surface area contributed by atoms with Gasteiger partial charge in [0.1, 0.15) is 0 Å². The number of hydrogen-bond donors (Lipinski definition) is 1. The van der Waals surface area contributed by atoms with E-state index in [1.807, 2.05) is 0 Å². The third-order valence-electron chi connectivity index (χ3n) is 4.40. The van der Waals surface area contributed by atoms with Crippen LogP contribution in [-0.4, -0.2) is 37.1 Å². The first-order chi connectivity index (χ1) is 7.62. The highest BCUT2D eigenvalue weighted by Gasteiger charge is 2.30. The fourth-order valence-corrected chi connectivity index (χ4v) is 2.72. The maximum atomic E-state index is 3.50. The molecule has 0 unspecified atom stereocenters. The Morgan fingerprint density at radius 3 is 2.12 bits per heavy atom. The van der Waals surface area contributed by atoms with Gasteiger partial charge < -0.3 is 10.2 Å². The largest absolute Gasteiger partial charge is 0.313 e. The lowest BCUT2D eigenvalue weighted by atomic mass is 9.74. The van der Waals surface area contributed by atoms with Crippen LogP contribution in [0.1, 0.15) is 53.4 Å². The minimum absolute atomic E-state index is 0.621. The Bertz CT molecular complexity index is 175. The van der Waals surface area contributed by atoms with Crippen LogP contribution in [0, 0.1) is 5.41 Å². The van der Waals surface area contributed by atoms with Crippen molar-refractivity contribution in [1.29, 1.82) is 0 Å². The molecule has 96 valence electrons. The lowest BCUT2D eigenvalue weighted by Gasteiger charge is -2.41. The Hall–Kier alpha value is -0.0800. The van der Waals surface area contributed by atoms with Gasteiger partial charge in [-0.2, -0.15) is 0 Å². The van der Waals surface area contributed by atoms with Crippen molar-refractivity contribution < 1.29 is 0 Å². The SMILES string of the molecule is CCC1(CC)CCN(CCNC(C)C)CC1. The second kappa shape index (κ2) is 6.61. The molecule has 0 spiro atoms. The number of likely N-dealkylation sites (tertiary alicyclic amines) is 1. The number of hydrogen-bond acceptors (Lipinski definition) is 2. The van der Waals surface area contributed by atoms with Crippen molar-refractivity contribution in [3.8, 4) is 0 Å². The van der Waals surface area contributed by atoms with Crippen LogP contribution >= 0.6 is 0 Å². The first-order valence-electron chi connectivity index (χ1n) is 7.07. The van der Waals surface area contributed by atoms with Gasteiger partial charge in [0.15, 0.2) is 0 Å². The van der Waals surface area contributed by atoms with Gasteiger partial charge in [-0.1, -0.05) is 40.5 Å². The van der Waals surface area contributed by atoms with Crippen LogP contribution in [0.5, 0.6) is 0 Å². The van der Waals surface area contributed by atoms with Gasteiger partial charge in [-0.15, -0.1) is 0 Å². The molecule has 0 aliphatic carbocycles. The summed E-state index contributed by atoms with van der Waals surface area (Å²) in [4.78, 5) is 2.62. The maximum Gasteiger partial charge on any atom is 0.0107 e. The molecular weight excluding hydrogens is 196 g/mol. The van der Waals surface area contributed by atoms with Crippen molar-refractivity contribution in [2.75, 3.05) is 26.2 Å². The van der Waals surface area contributed by atoms with Crippen molar-refractivity contribution in [3.63, 3.8) is 0 Å². The van der Waals surface area contributed by atoms with Crippen LogP contribution in [0.2, 0.25) is 0 Å². The van der Waals surface area contributed by atoms with Crippen molar-refractivity contribution in [2.45, 2.75) is 59.4 Å². The summed E-state index contributed by atoms with van der Waals surface area (Å²) in [6.07, 6.45) is 5.53. The van der Waals surface area contributed by atoms with E-state index in [2.05, 4.69) is 37.9 Å². The fraction of sp³-hybridized carbons (Fsp3) is 1.00. The summed E-state index contributed by atoms with van der Waals surface area (Å²) in [5.74, 6) is 0. The number of nitrogens with one attached hydrogen (secondary N) is 1. The highest BCUT2D eigenvalue weighted by molar-refractivity contribution is 4.84. The van der Waals surface area contributed by atoms with Gasteiger partial charge in [0, 0.05) is 19.1 Å². The van der Waals surface area contributed by atoms with Crippen molar-refractivity contribution in [1.82, 2.24) is 10.2 Å². The first-order valence-corrected chi connectivity index (χ1v) is 7.07. The molecule has 0 aromatic carbocycles. The van der Waals surface area contributed by atoms with Crippen LogP contribution in [0.15, 0.2) is 0 Å². The minimum Gasteiger partial charge on any atom is -0.313 e. The first kappa shape index (κ1) is 14.0. The molecule has 1 aliphatic rings. The summed E-state index contributed by atoms with van der Waals surface area (Å²) in [6, 6.07) is 0.621. The zero-order valence-corrected chi connectivity index (χ0v) is 11.7. The smallest absolute Gasteiger partial charge is 0.0107 e. The standard InChI is InChI=1S/C14H30N2/c1-5-14(6-2)7-10-16(11-8-14)12-9-15-13(3)4/h13,15H,5-12H2,1-4H3. The molecule has 0 saturated carbocycles. The van der Waals surface area contributed by atoms with E-state index in [1.54, 1.807) is 0 Å². The molecule has 2 nitrogen and oxygen atoms in total. The third kappa shape index (κ3) is 4.06. The Labute approximate surface area is 102 Å². The molecule has 0 aromatic rings. The molecule has 0 atom stereocenters. The number of nitrogens with zero attached hydrogens (tertiary/aromatic N) is 1. The van der Waals surface area contributed by atoms with Gasteiger partial charge >= 0.3 is 0 Å². The third-order valence-corrected chi connectivity index (χ3v) is 4.40. The number of rotatable bonds is 6. The molecule has 1 rings (SSSR count). The van der Waals surface area contributed by atoms with E-state index in [9.17, 15) is 0 Å². The molecule has 0 amide bonds. The highest BCUT2D eigenvalue weighted by Crippen LogP contribution is 2.37. The predicted molar refractivity (Wildman–Crippen MR) is 71.8 cm³/mol. The summed E-state index contributed by atoms with van der Waals surface area (Å²) in [5, 5.41) is 3.50. The Morgan fingerprint density at radius 1 is 1.12 bits per heavy atom. The van der Waals surface area contributed by atoms with Crippen molar-refractivity contribution >= 4 is 0 Å². The second-order valence-corrected chi connectivity index (χ2v) is 5.66. The topological polar surface area (TPSA) is 15.3 Å². The quantitative estimate of drug-likeness (QED) is 0.749. The molecule has 1 saturated heterocycles. The Morgan fingerprint density at radius 2 is 1.69 bits per heavy atom. The van der Waals surface area contributed by atoms with Crippen LogP contribution in [0.25, 0.3) is 0 Å². The van der Waals surface area contributed by atoms with Crippen molar-refractivity contribution in [2.24, 2.45) is 5.41 Å². The zero-order valence-electron chi connectivity index (χ0n) is 11.7. The monoisotopic (exact) mass is 226 g/mol. The molecule has 0 radical (unpaired) electrons. The summed E-state index contributed by atoms with van der Waals surface area (Å²) >= 11 is 0. The number of piperidine rings is 1. The summed E-state index contributed by atoms with van der Waals surface area (Å²) < 4.78 is 0. The Balaban J connectivity index is 2.21. The predicted octanol–water partition coefficient (Wildman–Crippen LogP) is 2.89. The normalized spacial score (nSPS) is 21.6. The van der Waals surface area contributed by atoms with Gasteiger partial charge in [-0.3, -0.25) is 0 Å². The fourth-order valence-electron chi connectivity index (χ4n) is 2.72. The van der Waals surface area contributed by atoms with Crippen LogP contribution in [-0.2, 0) is 0 Å². The summed E-state index contributed by atoms with van der Waals surface area (Å²) in [6.45, 7) is 14.1. The molecule has 16 heavy (non-hydrogen) atoms.